The van der Waals surface area contributed by atoms with Gasteiger partial charge in [0.25, 0.3) is 5.56 Å². The molecule has 0 radical (unpaired) electrons. The zero-order valence-electron chi connectivity index (χ0n) is 18.4. The van der Waals surface area contributed by atoms with E-state index >= 15 is 0 Å². The zero-order chi connectivity index (χ0) is 22.8. The van der Waals surface area contributed by atoms with Crippen molar-refractivity contribution in [3.05, 3.63) is 98.4 Å². The lowest BCUT2D eigenvalue weighted by Gasteiger charge is -2.16. The van der Waals surface area contributed by atoms with Crippen molar-refractivity contribution in [2.45, 2.75) is 34.3 Å². The normalized spacial score (nSPS) is 10.9. The first kappa shape index (κ1) is 21.7. The van der Waals surface area contributed by atoms with Crippen molar-refractivity contribution in [1.29, 1.82) is 0 Å². The van der Waals surface area contributed by atoms with Gasteiger partial charge in [-0.05, 0) is 51.0 Å². The van der Waals surface area contributed by atoms with Crippen LogP contribution >= 0.6 is 11.6 Å². The fourth-order valence-electron chi connectivity index (χ4n) is 3.60. The SMILES string of the molecule is Cc1cccc(COc2nc(C)n(-c3cc(-c4ncncc4C)ccc3Cl)c(=O)c2C)c1. The first-order valence-corrected chi connectivity index (χ1v) is 10.6. The van der Waals surface area contributed by atoms with E-state index in [1.165, 1.54) is 10.9 Å². The maximum absolute atomic E-state index is 13.3. The van der Waals surface area contributed by atoms with E-state index in [0.717, 1.165) is 27.9 Å². The minimum absolute atomic E-state index is 0.227. The molecule has 0 saturated carbocycles. The maximum Gasteiger partial charge on any atom is 0.264 e. The lowest BCUT2D eigenvalue weighted by molar-refractivity contribution is 0.289. The molecule has 2 aromatic heterocycles. The predicted octanol–water partition coefficient (Wildman–Crippen LogP) is 5.16. The first-order valence-electron chi connectivity index (χ1n) is 10.2. The van der Waals surface area contributed by atoms with Gasteiger partial charge in [-0.1, -0.05) is 47.5 Å². The van der Waals surface area contributed by atoms with E-state index in [2.05, 4.69) is 15.0 Å². The summed E-state index contributed by atoms with van der Waals surface area (Å²) in [4.78, 5) is 26.3. The number of aryl methyl sites for hydroxylation is 3. The molecule has 7 heteroatoms. The molecule has 4 aromatic rings. The summed E-state index contributed by atoms with van der Waals surface area (Å²) < 4.78 is 7.41. The van der Waals surface area contributed by atoms with E-state index < -0.39 is 0 Å². The summed E-state index contributed by atoms with van der Waals surface area (Å²) >= 11 is 6.50. The van der Waals surface area contributed by atoms with Crippen molar-refractivity contribution in [3.63, 3.8) is 0 Å². The van der Waals surface area contributed by atoms with E-state index in [0.29, 0.717) is 34.6 Å². The summed E-state index contributed by atoms with van der Waals surface area (Å²) in [5.74, 6) is 0.808. The Morgan fingerprint density at radius 1 is 1.06 bits per heavy atom. The van der Waals surface area contributed by atoms with E-state index in [4.69, 9.17) is 16.3 Å². The first-order chi connectivity index (χ1) is 15.3. The fraction of sp³-hybridized carbons (Fsp3) is 0.200. The summed E-state index contributed by atoms with van der Waals surface area (Å²) in [5.41, 5.74) is 5.46. The van der Waals surface area contributed by atoms with Gasteiger partial charge in [0.05, 0.1) is 22.0 Å². The second kappa shape index (κ2) is 8.93. The van der Waals surface area contributed by atoms with E-state index in [9.17, 15) is 4.79 Å². The van der Waals surface area contributed by atoms with E-state index in [-0.39, 0.29) is 5.56 Å². The Bertz CT molecular complexity index is 1360. The summed E-state index contributed by atoms with van der Waals surface area (Å²) in [6, 6.07) is 13.5. The monoisotopic (exact) mass is 446 g/mol. The number of benzene rings is 2. The third-order valence-electron chi connectivity index (χ3n) is 5.25. The highest BCUT2D eigenvalue weighted by molar-refractivity contribution is 6.32. The summed E-state index contributed by atoms with van der Waals surface area (Å²) in [6.07, 6.45) is 3.25. The molecular formula is C25H23ClN4O2. The van der Waals surface area contributed by atoms with Crippen LogP contribution < -0.4 is 10.3 Å². The Kier molecular flexibility index (Phi) is 6.06. The van der Waals surface area contributed by atoms with Crippen molar-refractivity contribution in [2.75, 3.05) is 0 Å². The van der Waals surface area contributed by atoms with Gasteiger partial charge in [0, 0.05) is 11.8 Å². The molecular weight excluding hydrogens is 424 g/mol. The van der Waals surface area contributed by atoms with Crippen molar-refractivity contribution in [3.8, 4) is 22.8 Å². The lowest BCUT2D eigenvalue weighted by atomic mass is 10.1. The molecule has 2 heterocycles. The second-order valence-corrected chi connectivity index (χ2v) is 8.14. The van der Waals surface area contributed by atoms with Gasteiger partial charge in [0.2, 0.25) is 5.88 Å². The molecule has 0 atom stereocenters. The number of nitrogens with zero attached hydrogens (tertiary/aromatic N) is 4. The highest BCUT2D eigenvalue weighted by atomic mass is 35.5. The minimum atomic E-state index is -0.227. The average molecular weight is 447 g/mol. The minimum Gasteiger partial charge on any atom is -0.472 e. The number of hydrogen-bond acceptors (Lipinski definition) is 5. The smallest absolute Gasteiger partial charge is 0.264 e. The maximum atomic E-state index is 13.3. The Morgan fingerprint density at radius 3 is 2.62 bits per heavy atom. The third kappa shape index (κ3) is 4.27. The Hall–Kier alpha value is -3.51. The van der Waals surface area contributed by atoms with Crippen LogP contribution in [0, 0.1) is 27.7 Å². The van der Waals surface area contributed by atoms with Gasteiger partial charge >= 0.3 is 0 Å². The van der Waals surface area contributed by atoms with Crippen LogP contribution in [-0.2, 0) is 6.61 Å². The Labute approximate surface area is 191 Å². The number of ether oxygens (including phenoxy) is 1. The molecule has 0 aliphatic carbocycles. The number of rotatable bonds is 5. The highest BCUT2D eigenvalue weighted by Crippen LogP contribution is 2.28. The molecule has 32 heavy (non-hydrogen) atoms. The molecule has 4 rings (SSSR count). The van der Waals surface area contributed by atoms with Crippen molar-refractivity contribution < 1.29 is 4.74 Å². The molecule has 0 spiro atoms. The second-order valence-electron chi connectivity index (χ2n) is 7.73. The molecule has 0 N–H and O–H groups in total. The van der Waals surface area contributed by atoms with Gasteiger partial charge in [0.1, 0.15) is 18.8 Å². The zero-order valence-corrected chi connectivity index (χ0v) is 19.1. The molecule has 2 aromatic carbocycles. The fourth-order valence-corrected chi connectivity index (χ4v) is 3.80. The average Bonchev–Trinajstić information content (AvgIpc) is 2.77. The Morgan fingerprint density at radius 2 is 1.88 bits per heavy atom. The van der Waals surface area contributed by atoms with Gasteiger partial charge in [-0.15, -0.1) is 0 Å². The van der Waals surface area contributed by atoms with Crippen molar-refractivity contribution in [2.24, 2.45) is 0 Å². The van der Waals surface area contributed by atoms with Gasteiger partial charge in [-0.3, -0.25) is 9.36 Å². The van der Waals surface area contributed by atoms with Crippen LogP contribution in [0.15, 0.2) is 59.8 Å². The molecule has 0 aliphatic rings. The Balaban J connectivity index is 1.74. The number of aromatic nitrogens is 4. The molecule has 0 amide bonds. The summed E-state index contributed by atoms with van der Waals surface area (Å²) in [6.45, 7) is 7.77. The quantitative estimate of drug-likeness (QED) is 0.423. The molecule has 0 unspecified atom stereocenters. The van der Waals surface area contributed by atoms with Crippen LogP contribution in [0.1, 0.15) is 28.1 Å². The number of halogens is 1. The van der Waals surface area contributed by atoms with Gasteiger partial charge in [0.15, 0.2) is 0 Å². The third-order valence-corrected chi connectivity index (χ3v) is 5.56. The standard InChI is InChI=1S/C25H23ClN4O2/c1-15-6-5-7-19(10-15)13-32-24-17(3)25(31)30(18(4)29-24)22-11-20(8-9-21(22)26)23-16(2)12-27-14-28-23/h5-12,14H,13H2,1-4H3. The van der Waals surface area contributed by atoms with Crippen LogP contribution in [0.4, 0.5) is 0 Å². The largest absolute Gasteiger partial charge is 0.472 e. The van der Waals surface area contributed by atoms with Gasteiger partial charge < -0.3 is 4.74 Å². The van der Waals surface area contributed by atoms with Crippen molar-refractivity contribution >= 4 is 11.6 Å². The molecule has 0 aliphatic heterocycles. The molecule has 162 valence electrons. The van der Waals surface area contributed by atoms with Gasteiger partial charge in [-0.25, -0.2) is 9.97 Å². The topological polar surface area (TPSA) is 69.9 Å². The lowest BCUT2D eigenvalue weighted by Crippen LogP contribution is -2.25. The van der Waals surface area contributed by atoms with Crippen LogP contribution in [0.2, 0.25) is 5.02 Å². The van der Waals surface area contributed by atoms with Crippen LogP contribution in [0.5, 0.6) is 5.88 Å². The molecule has 0 bridgehead atoms. The summed E-state index contributed by atoms with van der Waals surface area (Å²) in [7, 11) is 0. The molecule has 0 fully saturated rings. The van der Waals surface area contributed by atoms with E-state index in [1.807, 2.05) is 50.2 Å². The molecule has 0 saturated heterocycles. The summed E-state index contributed by atoms with van der Waals surface area (Å²) in [5, 5.41) is 0.445. The van der Waals surface area contributed by atoms with Crippen LogP contribution in [0.25, 0.3) is 16.9 Å². The van der Waals surface area contributed by atoms with Crippen LogP contribution in [0.3, 0.4) is 0 Å². The van der Waals surface area contributed by atoms with Crippen molar-refractivity contribution in [1.82, 2.24) is 19.5 Å². The van der Waals surface area contributed by atoms with E-state index in [1.54, 1.807) is 26.1 Å². The molecule has 6 nitrogen and oxygen atoms in total. The van der Waals surface area contributed by atoms with Crippen LogP contribution in [-0.4, -0.2) is 19.5 Å². The predicted molar refractivity (Wildman–Crippen MR) is 126 cm³/mol. The number of hydrogen-bond donors (Lipinski definition) is 0. The van der Waals surface area contributed by atoms with Gasteiger partial charge in [-0.2, -0.15) is 4.98 Å². The highest BCUT2D eigenvalue weighted by Gasteiger charge is 2.17.